The average Bonchev–Trinajstić information content (AvgIpc) is 2.56. The standard InChI is InChI=1S/C15H19N5O/c16-13-11-18-15(20-6-8-21-9-7-20)19-14(13)17-10-12-4-2-1-3-5-12/h1-5,11H,6-10,16H2,(H,17,18,19). The molecule has 0 atom stereocenters. The zero-order chi connectivity index (χ0) is 14.5. The molecular formula is C15H19N5O. The van der Waals surface area contributed by atoms with Gasteiger partial charge in [0, 0.05) is 19.6 Å². The van der Waals surface area contributed by atoms with Gasteiger partial charge in [-0.15, -0.1) is 0 Å². The minimum atomic E-state index is 0.558. The van der Waals surface area contributed by atoms with E-state index in [2.05, 4.69) is 32.3 Å². The van der Waals surface area contributed by atoms with Crippen LogP contribution in [-0.4, -0.2) is 36.3 Å². The van der Waals surface area contributed by atoms with Crippen molar-refractivity contribution in [3.05, 3.63) is 42.1 Å². The maximum absolute atomic E-state index is 5.95. The second kappa shape index (κ2) is 6.41. The van der Waals surface area contributed by atoms with Crippen LogP contribution in [0.5, 0.6) is 0 Å². The Morgan fingerprint density at radius 3 is 2.71 bits per heavy atom. The van der Waals surface area contributed by atoms with Crippen molar-refractivity contribution in [1.29, 1.82) is 0 Å². The first kappa shape index (κ1) is 13.6. The summed E-state index contributed by atoms with van der Waals surface area (Å²) in [6, 6.07) is 10.2. The van der Waals surface area contributed by atoms with Gasteiger partial charge in [0.25, 0.3) is 0 Å². The van der Waals surface area contributed by atoms with Crippen LogP contribution in [0.4, 0.5) is 17.5 Å². The van der Waals surface area contributed by atoms with Crippen molar-refractivity contribution in [1.82, 2.24) is 9.97 Å². The lowest BCUT2D eigenvalue weighted by molar-refractivity contribution is 0.122. The molecule has 0 spiro atoms. The van der Waals surface area contributed by atoms with Crippen LogP contribution < -0.4 is 16.0 Å². The van der Waals surface area contributed by atoms with Gasteiger partial charge in [-0.2, -0.15) is 4.98 Å². The number of rotatable bonds is 4. The van der Waals surface area contributed by atoms with E-state index >= 15 is 0 Å². The Morgan fingerprint density at radius 1 is 1.19 bits per heavy atom. The number of hydrogen-bond donors (Lipinski definition) is 2. The fourth-order valence-corrected chi connectivity index (χ4v) is 2.22. The highest BCUT2D eigenvalue weighted by Gasteiger charge is 2.15. The van der Waals surface area contributed by atoms with E-state index in [1.54, 1.807) is 6.20 Å². The molecule has 1 aliphatic heterocycles. The molecule has 1 fully saturated rings. The van der Waals surface area contributed by atoms with Gasteiger partial charge in [-0.25, -0.2) is 4.98 Å². The predicted molar refractivity (Wildman–Crippen MR) is 83.2 cm³/mol. The number of benzene rings is 1. The molecular weight excluding hydrogens is 266 g/mol. The Morgan fingerprint density at radius 2 is 1.95 bits per heavy atom. The number of morpholine rings is 1. The van der Waals surface area contributed by atoms with Gasteiger partial charge in [-0.05, 0) is 5.56 Å². The summed E-state index contributed by atoms with van der Waals surface area (Å²) in [7, 11) is 0. The molecule has 0 amide bonds. The van der Waals surface area contributed by atoms with Gasteiger partial charge in [-0.3, -0.25) is 0 Å². The monoisotopic (exact) mass is 285 g/mol. The van der Waals surface area contributed by atoms with E-state index in [0.29, 0.717) is 37.2 Å². The number of hydrogen-bond acceptors (Lipinski definition) is 6. The van der Waals surface area contributed by atoms with Crippen molar-refractivity contribution in [3.63, 3.8) is 0 Å². The van der Waals surface area contributed by atoms with E-state index in [9.17, 15) is 0 Å². The molecule has 3 rings (SSSR count). The molecule has 21 heavy (non-hydrogen) atoms. The van der Waals surface area contributed by atoms with Crippen molar-refractivity contribution in [2.45, 2.75) is 6.54 Å². The van der Waals surface area contributed by atoms with E-state index in [0.717, 1.165) is 13.1 Å². The fraction of sp³-hybridized carbons (Fsp3) is 0.333. The average molecular weight is 285 g/mol. The number of nitrogens with two attached hydrogens (primary N) is 1. The molecule has 1 saturated heterocycles. The zero-order valence-electron chi connectivity index (χ0n) is 11.8. The van der Waals surface area contributed by atoms with Gasteiger partial charge in [0.05, 0.1) is 25.1 Å². The summed E-state index contributed by atoms with van der Waals surface area (Å²) < 4.78 is 5.34. The van der Waals surface area contributed by atoms with Crippen LogP contribution in [0.1, 0.15) is 5.56 Å². The SMILES string of the molecule is Nc1cnc(N2CCOCC2)nc1NCc1ccccc1. The highest BCUT2D eigenvalue weighted by molar-refractivity contribution is 5.62. The lowest BCUT2D eigenvalue weighted by atomic mass is 10.2. The molecule has 0 aliphatic carbocycles. The fourth-order valence-electron chi connectivity index (χ4n) is 2.22. The van der Waals surface area contributed by atoms with Crippen molar-refractivity contribution >= 4 is 17.5 Å². The maximum atomic E-state index is 5.95. The first-order valence-corrected chi connectivity index (χ1v) is 7.06. The zero-order valence-corrected chi connectivity index (χ0v) is 11.8. The first-order valence-electron chi connectivity index (χ1n) is 7.06. The highest BCUT2D eigenvalue weighted by Crippen LogP contribution is 2.19. The third-order valence-electron chi connectivity index (χ3n) is 3.40. The van der Waals surface area contributed by atoms with Crippen molar-refractivity contribution < 1.29 is 4.74 Å². The van der Waals surface area contributed by atoms with Crippen molar-refractivity contribution in [2.75, 3.05) is 42.3 Å². The van der Waals surface area contributed by atoms with E-state index in [1.807, 2.05) is 18.2 Å². The van der Waals surface area contributed by atoms with Crippen LogP contribution in [0.2, 0.25) is 0 Å². The largest absolute Gasteiger partial charge is 0.394 e. The second-order valence-electron chi connectivity index (χ2n) is 4.91. The number of ether oxygens (including phenoxy) is 1. The van der Waals surface area contributed by atoms with Crippen LogP contribution >= 0.6 is 0 Å². The van der Waals surface area contributed by atoms with E-state index in [-0.39, 0.29) is 0 Å². The van der Waals surface area contributed by atoms with Gasteiger partial charge < -0.3 is 20.7 Å². The summed E-state index contributed by atoms with van der Waals surface area (Å²) in [5, 5.41) is 3.27. The Balaban J connectivity index is 1.72. The summed E-state index contributed by atoms with van der Waals surface area (Å²) in [6.07, 6.45) is 1.66. The summed E-state index contributed by atoms with van der Waals surface area (Å²) in [5.74, 6) is 1.37. The second-order valence-corrected chi connectivity index (χ2v) is 4.91. The normalized spacial score (nSPS) is 15.0. The lowest BCUT2D eigenvalue weighted by Crippen LogP contribution is -2.37. The molecule has 3 N–H and O–H groups in total. The Bertz CT molecular complexity index is 584. The number of nitrogen functional groups attached to an aromatic ring is 1. The number of anilines is 3. The molecule has 6 nitrogen and oxygen atoms in total. The molecule has 2 aromatic rings. The molecule has 110 valence electrons. The molecule has 1 aliphatic rings. The third-order valence-corrected chi connectivity index (χ3v) is 3.40. The van der Waals surface area contributed by atoms with E-state index in [4.69, 9.17) is 10.5 Å². The summed E-state index contributed by atoms with van der Waals surface area (Å²) in [4.78, 5) is 11.0. The quantitative estimate of drug-likeness (QED) is 0.886. The Hall–Kier alpha value is -2.34. The van der Waals surface area contributed by atoms with Gasteiger partial charge in [0.1, 0.15) is 0 Å². The van der Waals surface area contributed by atoms with Gasteiger partial charge in [0.15, 0.2) is 5.82 Å². The van der Waals surface area contributed by atoms with Crippen LogP contribution in [-0.2, 0) is 11.3 Å². The maximum Gasteiger partial charge on any atom is 0.227 e. The van der Waals surface area contributed by atoms with Crippen LogP contribution in [0, 0.1) is 0 Å². The molecule has 0 radical (unpaired) electrons. The predicted octanol–water partition coefficient (Wildman–Crippen LogP) is 1.51. The van der Waals surface area contributed by atoms with E-state index in [1.165, 1.54) is 5.56 Å². The molecule has 0 bridgehead atoms. The van der Waals surface area contributed by atoms with Crippen molar-refractivity contribution in [2.24, 2.45) is 0 Å². The lowest BCUT2D eigenvalue weighted by Gasteiger charge is -2.27. The van der Waals surface area contributed by atoms with Crippen LogP contribution in [0.25, 0.3) is 0 Å². The molecule has 0 unspecified atom stereocenters. The number of nitrogens with zero attached hydrogens (tertiary/aromatic N) is 3. The smallest absolute Gasteiger partial charge is 0.227 e. The molecule has 2 heterocycles. The molecule has 0 saturated carbocycles. The van der Waals surface area contributed by atoms with Crippen LogP contribution in [0.3, 0.4) is 0 Å². The summed E-state index contributed by atoms with van der Waals surface area (Å²) >= 11 is 0. The van der Waals surface area contributed by atoms with Crippen molar-refractivity contribution in [3.8, 4) is 0 Å². The molecule has 1 aromatic carbocycles. The van der Waals surface area contributed by atoms with Crippen LogP contribution in [0.15, 0.2) is 36.5 Å². The Labute approximate surface area is 124 Å². The number of aromatic nitrogens is 2. The topological polar surface area (TPSA) is 76.3 Å². The highest BCUT2D eigenvalue weighted by atomic mass is 16.5. The summed E-state index contributed by atoms with van der Waals surface area (Å²) in [6.45, 7) is 3.72. The van der Waals surface area contributed by atoms with Gasteiger partial charge >= 0.3 is 0 Å². The summed E-state index contributed by atoms with van der Waals surface area (Å²) in [5.41, 5.74) is 7.69. The first-order chi connectivity index (χ1) is 10.3. The molecule has 1 aromatic heterocycles. The van der Waals surface area contributed by atoms with Gasteiger partial charge in [0.2, 0.25) is 5.95 Å². The molecule has 6 heteroatoms. The minimum Gasteiger partial charge on any atom is -0.394 e. The third kappa shape index (κ3) is 3.41. The number of nitrogens with one attached hydrogen (secondary N) is 1. The Kier molecular flexibility index (Phi) is 4.16. The minimum absolute atomic E-state index is 0.558. The van der Waals surface area contributed by atoms with Gasteiger partial charge in [-0.1, -0.05) is 30.3 Å². The van der Waals surface area contributed by atoms with E-state index < -0.39 is 0 Å².